The lowest BCUT2D eigenvalue weighted by molar-refractivity contribution is -0.130. The van der Waals surface area contributed by atoms with Gasteiger partial charge in [0.15, 0.2) is 6.29 Å². The fourth-order valence-corrected chi connectivity index (χ4v) is 3.93. The number of benzene rings is 2. The van der Waals surface area contributed by atoms with E-state index in [2.05, 4.69) is 26.4 Å². The van der Waals surface area contributed by atoms with Gasteiger partial charge in [-0.2, -0.15) is 5.10 Å². The molecule has 1 saturated heterocycles. The third-order valence-corrected chi connectivity index (χ3v) is 5.74. The van der Waals surface area contributed by atoms with Crippen molar-refractivity contribution in [3.05, 3.63) is 72.0 Å². The van der Waals surface area contributed by atoms with Crippen LogP contribution >= 0.6 is 0 Å². The maximum Gasteiger partial charge on any atom is 0.320 e. The minimum absolute atomic E-state index is 0.0572. The van der Waals surface area contributed by atoms with Crippen molar-refractivity contribution in [1.29, 1.82) is 0 Å². The van der Waals surface area contributed by atoms with E-state index in [-0.39, 0.29) is 30.2 Å². The van der Waals surface area contributed by atoms with Crippen LogP contribution in [-0.4, -0.2) is 27.8 Å². The normalized spacial score (nSPS) is 20.2. The van der Waals surface area contributed by atoms with Crippen LogP contribution in [-0.2, 0) is 11.3 Å². The van der Waals surface area contributed by atoms with E-state index in [9.17, 15) is 14.0 Å². The van der Waals surface area contributed by atoms with Gasteiger partial charge in [-0.3, -0.25) is 15.4 Å². The highest BCUT2D eigenvalue weighted by molar-refractivity contribution is 5.89. The van der Waals surface area contributed by atoms with Gasteiger partial charge in [0.25, 0.3) is 0 Å². The van der Waals surface area contributed by atoms with Crippen molar-refractivity contribution in [3.63, 3.8) is 0 Å². The monoisotopic (exact) mass is 450 g/mol. The first kappa shape index (κ1) is 22.5. The number of aromatic nitrogens is 2. The predicted molar refractivity (Wildman–Crippen MR) is 123 cm³/mol. The smallest absolute Gasteiger partial charge is 0.320 e. The van der Waals surface area contributed by atoms with Crippen molar-refractivity contribution in [2.45, 2.75) is 39.1 Å². The molecule has 172 valence electrons. The molecule has 9 heteroatoms. The van der Waals surface area contributed by atoms with E-state index in [4.69, 9.17) is 0 Å². The number of hydrogen-bond acceptors (Lipinski definition) is 4. The number of carbonyl (C=O) groups excluding carboxylic acids is 2. The van der Waals surface area contributed by atoms with Gasteiger partial charge in [0.2, 0.25) is 5.91 Å². The number of nitrogens with zero attached hydrogens (tertiary/aromatic N) is 2. The summed E-state index contributed by atoms with van der Waals surface area (Å²) < 4.78 is 14.7. The standard InChI is InChI=1S/C24H27FN6O2/c1-3-19-15(2)27-23(29-22(19)32)31-21(13-20(30-31)17-7-5-4-6-8-17)28-24(33)26-14-16-9-11-18(25)12-10-16/h4-13,15,19,23,27H,3,14H2,1-2H3,(H,29,32)(H2,26,28,33). The second-order valence-electron chi connectivity index (χ2n) is 8.04. The van der Waals surface area contributed by atoms with E-state index < -0.39 is 12.3 Å². The second kappa shape index (κ2) is 9.83. The van der Waals surface area contributed by atoms with Crippen molar-refractivity contribution < 1.29 is 14.0 Å². The van der Waals surface area contributed by atoms with Crippen LogP contribution in [0.15, 0.2) is 60.7 Å². The molecule has 3 unspecified atom stereocenters. The van der Waals surface area contributed by atoms with Crippen molar-refractivity contribution in [3.8, 4) is 11.3 Å². The summed E-state index contributed by atoms with van der Waals surface area (Å²) in [6, 6.07) is 16.8. The summed E-state index contributed by atoms with van der Waals surface area (Å²) in [6.07, 6.45) is 0.109. The SMILES string of the molecule is CCC1C(=O)NC(n2nc(-c3ccccc3)cc2NC(=O)NCc2ccc(F)cc2)NC1C. The van der Waals surface area contributed by atoms with E-state index in [1.54, 1.807) is 22.9 Å². The number of halogens is 1. The first-order valence-corrected chi connectivity index (χ1v) is 10.9. The molecule has 1 aromatic heterocycles. The molecule has 0 bridgehead atoms. The van der Waals surface area contributed by atoms with Crippen LogP contribution in [0.4, 0.5) is 15.0 Å². The summed E-state index contributed by atoms with van der Waals surface area (Å²) in [5.41, 5.74) is 2.31. The summed E-state index contributed by atoms with van der Waals surface area (Å²) in [4.78, 5) is 25.2. The Labute approximate surface area is 191 Å². The minimum atomic E-state index is -0.611. The largest absolute Gasteiger partial charge is 0.334 e. The van der Waals surface area contributed by atoms with Gasteiger partial charge in [0.1, 0.15) is 11.6 Å². The van der Waals surface area contributed by atoms with Crippen LogP contribution in [0.2, 0.25) is 0 Å². The average Bonchev–Trinajstić information content (AvgIpc) is 3.23. The Bertz CT molecular complexity index is 1120. The molecule has 1 aliphatic rings. The molecule has 0 spiro atoms. The Morgan fingerprint density at radius 1 is 1.15 bits per heavy atom. The van der Waals surface area contributed by atoms with E-state index in [1.807, 2.05) is 44.2 Å². The summed E-state index contributed by atoms with van der Waals surface area (Å²) in [7, 11) is 0. The fourth-order valence-electron chi connectivity index (χ4n) is 3.93. The third kappa shape index (κ3) is 5.20. The number of nitrogens with one attached hydrogen (secondary N) is 4. The Morgan fingerprint density at radius 2 is 1.88 bits per heavy atom. The van der Waals surface area contributed by atoms with Gasteiger partial charge in [0, 0.05) is 24.2 Å². The Morgan fingerprint density at radius 3 is 2.55 bits per heavy atom. The van der Waals surface area contributed by atoms with Crippen LogP contribution in [0, 0.1) is 11.7 Å². The van der Waals surface area contributed by atoms with Gasteiger partial charge in [-0.15, -0.1) is 0 Å². The molecule has 33 heavy (non-hydrogen) atoms. The van der Waals surface area contributed by atoms with Gasteiger partial charge in [-0.25, -0.2) is 13.9 Å². The highest BCUT2D eigenvalue weighted by atomic mass is 19.1. The zero-order chi connectivity index (χ0) is 23.4. The summed E-state index contributed by atoms with van der Waals surface area (Å²) in [6.45, 7) is 4.17. The molecule has 1 fully saturated rings. The van der Waals surface area contributed by atoms with Crippen molar-refractivity contribution in [2.24, 2.45) is 5.92 Å². The van der Waals surface area contributed by atoms with Gasteiger partial charge in [0.05, 0.1) is 11.6 Å². The number of anilines is 1. The molecule has 2 aromatic carbocycles. The molecule has 3 atom stereocenters. The molecular weight excluding hydrogens is 423 g/mol. The average molecular weight is 451 g/mol. The Hall–Kier alpha value is -3.72. The van der Waals surface area contributed by atoms with Gasteiger partial charge >= 0.3 is 6.03 Å². The maximum absolute atomic E-state index is 13.1. The quantitative estimate of drug-likeness (QED) is 0.461. The maximum atomic E-state index is 13.1. The van der Waals surface area contributed by atoms with Gasteiger partial charge < -0.3 is 10.6 Å². The molecule has 3 aromatic rings. The van der Waals surface area contributed by atoms with E-state index in [0.29, 0.717) is 11.5 Å². The van der Waals surface area contributed by atoms with Gasteiger partial charge in [-0.1, -0.05) is 49.4 Å². The summed E-state index contributed by atoms with van der Waals surface area (Å²) in [5.74, 6) is -0.106. The molecule has 8 nitrogen and oxygen atoms in total. The van der Waals surface area contributed by atoms with E-state index in [1.165, 1.54) is 12.1 Å². The molecule has 0 saturated carbocycles. The van der Waals surface area contributed by atoms with Crippen LogP contribution in [0.25, 0.3) is 11.3 Å². The van der Waals surface area contributed by atoms with Crippen LogP contribution in [0.1, 0.15) is 32.1 Å². The van der Waals surface area contributed by atoms with Crippen molar-refractivity contribution in [2.75, 3.05) is 5.32 Å². The number of carbonyl (C=O) groups is 2. The predicted octanol–water partition coefficient (Wildman–Crippen LogP) is 3.60. The van der Waals surface area contributed by atoms with E-state index >= 15 is 0 Å². The molecule has 4 rings (SSSR count). The van der Waals surface area contributed by atoms with Crippen molar-refractivity contribution in [1.82, 2.24) is 25.7 Å². The lowest BCUT2D eigenvalue weighted by atomic mass is 9.95. The molecule has 4 N–H and O–H groups in total. The molecular formula is C24H27FN6O2. The minimum Gasteiger partial charge on any atom is -0.334 e. The van der Waals surface area contributed by atoms with Crippen LogP contribution in [0.3, 0.4) is 0 Å². The first-order valence-electron chi connectivity index (χ1n) is 10.9. The second-order valence-corrected chi connectivity index (χ2v) is 8.04. The van der Waals surface area contributed by atoms with Crippen LogP contribution in [0.5, 0.6) is 0 Å². The third-order valence-electron chi connectivity index (χ3n) is 5.74. The molecule has 0 radical (unpaired) electrons. The van der Waals surface area contributed by atoms with Crippen LogP contribution < -0.4 is 21.3 Å². The number of amides is 3. The summed E-state index contributed by atoms with van der Waals surface area (Å²) >= 11 is 0. The fraction of sp³-hybridized carbons (Fsp3) is 0.292. The molecule has 3 amide bonds. The lowest BCUT2D eigenvalue weighted by Gasteiger charge is -2.35. The number of urea groups is 1. The molecule has 0 aliphatic carbocycles. The highest BCUT2D eigenvalue weighted by Crippen LogP contribution is 2.26. The highest BCUT2D eigenvalue weighted by Gasteiger charge is 2.34. The number of rotatable bonds is 6. The lowest BCUT2D eigenvalue weighted by Crippen LogP contribution is -2.57. The van der Waals surface area contributed by atoms with Gasteiger partial charge in [-0.05, 0) is 31.0 Å². The molecule has 2 heterocycles. The Balaban J connectivity index is 1.55. The zero-order valence-corrected chi connectivity index (χ0v) is 18.5. The molecule has 1 aliphatic heterocycles. The Kier molecular flexibility index (Phi) is 6.69. The zero-order valence-electron chi connectivity index (χ0n) is 18.5. The first-order chi connectivity index (χ1) is 15.9. The van der Waals surface area contributed by atoms with E-state index in [0.717, 1.165) is 17.5 Å². The number of hydrogen-bond donors (Lipinski definition) is 4. The van der Waals surface area contributed by atoms with Crippen molar-refractivity contribution >= 4 is 17.8 Å². The summed E-state index contributed by atoms with van der Waals surface area (Å²) in [5, 5.41) is 16.6. The topological polar surface area (TPSA) is 100 Å².